The molecule has 0 heterocycles. The highest BCUT2D eigenvalue weighted by Gasteiger charge is 2.43. The molecule has 110 valence electrons. The van der Waals surface area contributed by atoms with Crippen LogP contribution in [0.4, 0.5) is 0 Å². The van der Waals surface area contributed by atoms with Crippen LogP contribution in [0.5, 0.6) is 0 Å². The summed E-state index contributed by atoms with van der Waals surface area (Å²) in [5, 5.41) is 0. The van der Waals surface area contributed by atoms with Gasteiger partial charge in [-0.05, 0) is 39.8 Å². The van der Waals surface area contributed by atoms with Crippen LogP contribution in [-0.4, -0.2) is 30.3 Å². The van der Waals surface area contributed by atoms with Gasteiger partial charge in [-0.15, -0.1) is 0 Å². The minimum atomic E-state index is -0.133. The molecule has 2 heteroatoms. The minimum Gasteiger partial charge on any atom is -0.297 e. The molecule has 0 spiro atoms. The Labute approximate surface area is 118 Å². The van der Waals surface area contributed by atoms with Crippen molar-refractivity contribution in [3.05, 3.63) is 0 Å². The molecular weight excluding hydrogens is 234 g/mol. The maximum absolute atomic E-state index is 13.2. The second-order valence-electron chi connectivity index (χ2n) is 6.89. The molecule has 2 rings (SSSR count). The van der Waals surface area contributed by atoms with E-state index in [0.29, 0.717) is 11.7 Å². The van der Waals surface area contributed by atoms with Gasteiger partial charge in [0.1, 0.15) is 0 Å². The second kappa shape index (κ2) is 6.88. The van der Waals surface area contributed by atoms with Crippen molar-refractivity contribution in [3.63, 3.8) is 0 Å². The Balaban J connectivity index is 2.14. The second-order valence-corrected chi connectivity index (χ2v) is 6.89. The quantitative estimate of drug-likeness (QED) is 0.713. The van der Waals surface area contributed by atoms with Crippen LogP contribution in [0.15, 0.2) is 0 Å². The number of carbonyl (C=O) groups is 1. The van der Waals surface area contributed by atoms with E-state index in [-0.39, 0.29) is 5.54 Å². The number of ketones is 1. The number of nitrogens with zero attached hydrogens (tertiary/aromatic N) is 1. The van der Waals surface area contributed by atoms with Crippen LogP contribution in [0.25, 0.3) is 0 Å². The molecule has 0 bridgehead atoms. The molecule has 0 saturated heterocycles. The lowest BCUT2D eigenvalue weighted by Crippen LogP contribution is -2.53. The average molecular weight is 265 g/mol. The molecule has 2 aliphatic rings. The van der Waals surface area contributed by atoms with Crippen molar-refractivity contribution in [2.45, 2.75) is 82.6 Å². The van der Waals surface area contributed by atoms with Crippen molar-refractivity contribution >= 4 is 5.78 Å². The normalized spacial score (nSPS) is 25.8. The molecule has 2 aliphatic carbocycles. The van der Waals surface area contributed by atoms with Gasteiger partial charge in [0, 0.05) is 5.92 Å². The van der Waals surface area contributed by atoms with Crippen molar-refractivity contribution in [1.29, 1.82) is 0 Å². The van der Waals surface area contributed by atoms with Gasteiger partial charge in [-0.3, -0.25) is 9.69 Å². The molecule has 0 unspecified atom stereocenters. The Morgan fingerprint density at radius 3 is 1.79 bits per heavy atom. The van der Waals surface area contributed by atoms with Crippen LogP contribution < -0.4 is 0 Å². The molecule has 0 radical (unpaired) electrons. The third-order valence-electron chi connectivity index (χ3n) is 5.47. The van der Waals surface area contributed by atoms with Crippen LogP contribution >= 0.6 is 0 Å². The Kier molecular flexibility index (Phi) is 5.44. The number of hydrogen-bond donors (Lipinski definition) is 0. The predicted molar refractivity (Wildman–Crippen MR) is 80.3 cm³/mol. The summed E-state index contributed by atoms with van der Waals surface area (Å²) in [6.45, 7) is 0. The molecule has 0 atom stereocenters. The van der Waals surface area contributed by atoms with Gasteiger partial charge in [0.15, 0.2) is 5.78 Å². The first-order valence-electron chi connectivity index (χ1n) is 8.38. The van der Waals surface area contributed by atoms with Crippen molar-refractivity contribution < 1.29 is 4.79 Å². The molecule has 2 saturated carbocycles. The lowest BCUT2D eigenvalue weighted by atomic mass is 9.76. The third-order valence-corrected chi connectivity index (χ3v) is 5.47. The smallest absolute Gasteiger partial charge is 0.156 e. The number of Topliss-reactive ketones (excluding diaryl/α,β-unsaturated/α-hetero) is 1. The van der Waals surface area contributed by atoms with Crippen molar-refractivity contribution in [3.8, 4) is 0 Å². The third kappa shape index (κ3) is 3.39. The van der Waals surface area contributed by atoms with E-state index in [0.717, 1.165) is 25.7 Å². The summed E-state index contributed by atoms with van der Waals surface area (Å²) in [7, 11) is 4.25. The zero-order chi connectivity index (χ0) is 13.7. The standard InChI is InChI=1S/C17H31NO/c1-18(2)17(13-9-5-6-10-14-17)16(19)15-11-7-3-4-8-12-15/h15H,3-14H2,1-2H3. The van der Waals surface area contributed by atoms with Crippen LogP contribution in [0.1, 0.15) is 77.0 Å². The van der Waals surface area contributed by atoms with Gasteiger partial charge >= 0.3 is 0 Å². The van der Waals surface area contributed by atoms with E-state index >= 15 is 0 Å². The molecule has 0 aliphatic heterocycles. The highest BCUT2D eigenvalue weighted by atomic mass is 16.1. The summed E-state index contributed by atoms with van der Waals surface area (Å²) in [6.07, 6.45) is 14.8. The summed E-state index contributed by atoms with van der Waals surface area (Å²) in [5.74, 6) is 0.935. The molecule has 0 N–H and O–H groups in total. The maximum atomic E-state index is 13.2. The van der Waals surface area contributed by atoms with Crippen molar-refractivity contribution in [2.24, 2.45) is 5.92 Å². The highest BCUT2D eigenvalue weighted by Crippen LogP contribution is 2.37. The Hall–Kier alpha value is -0.370. The van der Waals surface area contributed by atoms with E-state index in [1.807, 2.05) is 0 Å². The van der Waals surface area contributed by atoms with Crippen LogP contribution in [0.3, 0.4) is 0 Å². The van der Waals surface area contributed by atoms with E-state index < -0.39 is 0 Å². The molecule has 0 aromatic carbocycles. The molecule has 2 fully saturated rings. The Morgan fingerprint density at radius 2 is 1.32 bits per heavy atom. The topological polar surface area (TPSA) is 20.3 Å². The van der Waals surface area contributed by atoms with Crippen LogP contribution in [0.2, 0.25) is 0 Å². The number of hydrogen-bond acceptors (Lipinski definition) is 2. The van der Waals surface area contributed by atoms with E-state index in [1.165, 1.54) is 51.4 Å². The number of likely N-dealkylation sites (N-methyl/N-ethyl adjacent to an activating group) is 1. The predicted octanol–water partition coefficient (Wildman–Crippen LogP) is 4.18. The molecule has 0 aromatic heterocycles. The molecule has 2 nitrogen and oxygen atoms in total. The largest absolute Gasteiger partial charge is 0.297 e. The van der Waals surface area contributed by atoms with Gasteiger partial charge in [0.05, 0.1) is 5.54 Å². The number of rotatable bonds is 3. The van der Waals surface area contributed by atoms with Gasteiger partial charge in [-0.2, -0.15) is 0 Å². The molecule has 0 aromatic rings. The van der Waals surface area contributed by atoms with Crippen molar-refractivity contribution in [1.82, 2.24) is 4.90 Å². The fourth-order valence-corrected chi connectivity index (χ4v) is 4.15. The fraction of sp³-hybridized carbons (Fsp3) is 0.941. The van der Waals surface area contributed by atoms with Gasteiger partial charge in [0.2, 0.25) is 0 Å². The maximum Gasteiger partial charge on any atom is 0.156 e. The Bertz CT molecular complexity index is 282. The zero-order valence-electron chi connectivity index (χ0n) is 12.9. The summed E-state index contributed by atoms with van der Waals surface area (Å²) >= 11 is 0. The average Bonchev–Trinajstić information content (AvgIpc) is 2.81. The first-order chi connectivity index (χ1) is 9.17. The summed E-state index contributed by atoms with van der Waals surface area (Å²) in [6, 6.07) is 0. The van der Waals surface area contributed by atoms with E-state index in [2.05, 4.69) is 19.0 Å². The zero-order valence-corrected chi connectivity index (χ0v) is 12.9. The van der Waals surface area contributed by atoms with Gasteiger partial charge in [-0.1, -0.05) is 51.4 Å². The summed E-state index contributed by atoms with van der Waals surface area (Å²) in [5.41, 5.74) is -0.133. The van der Waals surface area contributed by atoms with E-state index in [1.54, 1.807) is 0 Å². The van der Waals surface area contributed by atoms with Gasteiger partial charge < -0.3 is 0 Å². The Morgan fingerprint density at radius 1 is 0.842 bits per heavy atom. The van der Waals surface area contributed by atoms with Crippen LogP contribution in [-0.2, 0) is 4.79 Å². The highest BCUT2D eigenvalue weighted by molar-refractivity contribution is 5.90. The van der Waals surface area contributed by atoms with Gasteiger partial charge in [0.25, 0.3) is 0 Å². The minimum absolute atomic E-state index is 0.133. The monoisotopic (exact) mass is 265 g/mol. The lowest BCUT2D eigenvalue weighted by Gasteiger charge is -2.40. The first kappa shape index (κ1) is 15.0. The first-order valence-corrected chi connectivity index (χ1v) is 8.38. The molecule has 19 heavy (non-hydrogen) atoms. The fourth-order valence-electron chi connectivity index (χ4n) is 4.15. The van der Waals surface area contributed by atoms with Gasteiger partial charge in [-0.25, -0.2) is 0 Å². The van der Waals surface area contributed by atoms with Crippen molar-refractivity contribution in [2.75, 3.05) is 14.1 Å². The SMILES string of the molecule is CN(C)C1(C(=O)C2CCCCCC2)CCCCCC1. The summed E-state index contributed by atoms with van der Waals surface area (Å²) in [4.78, 5) is 15.4. The molecule has 0 amide bonds. The van der Waals surface area contributed by atoms with Crippen LogP contribution in [0, 0.1) is 5.92 Å². The van der Waals surface area contributed by atoms with E-state index in [4.69, 9.17) is 0 Å². The molecular formula is C17H31NO. The number of carbonyl (C=O) groups excluding carboxylic acids is 1. The van der Waals surface area contributed by atoms with E-state index in [9.17, 15) is 4.79 Å². The summed E-state index contributed by atoms with van der Waals surface area (Å²) < 4.78 is 0. The lowest BCUT2D eigenvalue weighted by molar-refractivity contribution is -0.135.